The number of rotatable bonds is 5. The predicted molar refractivity (Wildman–Crippen MR) is 173 cm³/mol. The normalized spacial score (nSPS) is 11.7. The van der Waals surface area contributed by atoms with Crippen molar-refractivity contribution in [3.05, 3.63) is 144 Å². The third-order valence-corrected chi connectivity index (χ3v) is 7.79. The van der Waals surface area contributed by atoms with Gasteiger partial charge in [0.1, 0.15) is 0 Å². The first-order valence-corrected chi connectivity index (χ1v) is 14.0. The average Bonchev–Trinajstić information content (AvgIpc) is 3.01. The van der Waals surface area contributed by atoms with Crippen molar-refractivity contribution in [2.24, 2.45) is 4.99 Å². The number of benzene rings is 6. The third kappa shape index (κ3) is 4.87. The van der Waals surface area contributed by atoms with Crippen LogP contribution in [0.5, 0.6) is 0 Å². The fraction of sp³-hybridized carbons (Fsp3) is 0.0789. The van der Waals surface area contributed by atoms with E-state index in [1.807, 2.05) is 38.3 Å². The highest BCUT2D eigenvalue weighted by Crippen LogP contribution is 2.37. The number of hydrogen-bond acceptors (Lipinski definition) is 3. The number of aliphatic imine (C=N–C) groups is 1. The lowest BCUT2D eigenvalue weighted by atomic mass is 9.90. The highest BCUT2D eigenvalue weighted by Gasteiger charge is 2.12. The highest BCUT2D eigenvalue weighted by atomic mass is 14.8. The van der Waals surface area contributed by atoms with Crippen molar-refractivity contribution < 1.29 is 0 Å². The molecule has 0 N–H and O–H groups in total. The monoisotopic (exact) mass is 527 g/mol. The Labute approximate surface area is 239 Å². The Balaban J connectivity index is 1.41. The summed E-state index contributed by atoms with van der Waals surface area (Å²) < 4.78 is 0. The van der Waals surface area contributed by atoms with Gasteiger partial charge in [0.2, 0.25) is 0 Å². The molecular weight excluding hydrogens is 498 g/mol. The van der Waals surface area contributed by atoms with Crippen molar-refractivity contribution in [2.75, 3.05) is 0 Å². The van der Waals surface area contributed by atoms with Crippen molar-refractivity contribution in [3.63, 3.8) is 0 Å². The molecule has 0 atom stereocenters. The highest BCUT2D eigenvalue weighted by molar-refractivity contribution is 6.13. The summed E-state index contributed by atoms with van der Waals surface area (Å²) in [7, 11) is 0. The van der Waals surface area contributed by atoms with Crippen molar-refractivity contribution in [1.29, 1.82) is 0 Å². The van der Waals surface area contributed by atoms with E-state index in [1.54, 1.807) is 0 Å². The molecule has 196 valence electrons. The second kappa shape index (κ2) is 10.4. The Morgan fingerprint density at radius 1 is 0.561 bits per heavy atom. The number of nitrogens with zero attached hydrogens (tertiary/aromatic N) is 3. The largest absolute Gasteiger partial charge is 0.288 e. The van der Waals surface area contributed by atoms with E-state index in [2.05, 4.69) is 103 Å². The summed E-state index contributed by atoms with van der Waals surface area (Å²) in [4.78, 5) is 14.4. The van der Waals surface area contributed by atoms with Gasteiger partial charge < -0.3 is 0 Å². The molecule has 3 nitrogen and oxygen atoms in total. The van der Waals surface area contributed by atoms with Crippen LogP contribution >= 0.6 is 0 Å². The lowest BCUT2D eigenvalue weighted by Gasteiger charge is -2.14. The Morgan fingerprint density at radius 2 is 1.24 bits per heavy atom. The maximum absolute atomic E-state index is 4.84. The lowest BCUT2D eigenvalue weighted by Crippen LogP contribution is -1.94. The minimum atomic E-state index is 0.590. The van der Waals surface area contributed by atoms with Crippen molar-refractivity contribution in [2.45, 2.75) is 20.4 Å². The molecule has 0 saturated heterocycles. The van der Waals surface area contributed by atoms with Gasteiger partial charge in [0, 0.05) is 6.21 Å². The Hall–Kier alpha value is -5.15. The molecule has 0 unspecified atom stereocenters. The van der Waals surface area contributed by atoms with E-state index in [0.717, 1.165) is 44.7 Å². The van der Waals surface area contributed by atoms with Crippen LogP contribution in [0.1, 0.15) is 22.5 Å². The van der Waals surface area contributed by atoms with Crippen LogP contribution in [0.2, 0.25) is 0 Å². The summed E-state index contributed by atoms with van der Waals surface area (Å²) in [5.74, 6) is 0. The predicted octanol–water partition coefficient (Wildman–Crippen LogP) is 9.51. The van der Waals surface area contributed by atoms with E-state index in [0.29, 0.717) is 6.54 Å². The van der Waals surface area contributed by atoms with E-state index in [1.165, 1.54) is 32.7 Å². The molecule has 0 fully saturated rings. The molecule has 0 saturated carbocycles. The van der Waals surface area contributed by atoms with E-state index in [4.69, 9.17) is 15.0 Å². The van der Waals surface area contributed by atoms with Crippen molar-refractivity contribution in [3.8, 4) is 22.3 Å². The summed E-state index contributed by atoms with van der Waals surface area (Å²) in [6.45, 7) is 4.62. The molecule has 1 aromatic heterocycles. The van der Waals surface area contributed by atoms with E-state index in [9.17, 15) is 0 Å². The zero-order valence-electron chi connectivity index (χ0n) is 23.2. The van der Waals surface area contributed by atoms with Gasteiger partial charge in [-0.15, -0.1) is 0 Å². The molecule has 0 amide bonds. The van der Waals surface area contributed by atoms with Gasteiger partial charge in [-0.3, -0.25) is 4.99 Å². The SMILES string of the molecule is Cc1nc2ccc(-c3cc(CN=Cc4ccccc4)cc(-c4cc5ccccc5c5ccccc45)c3)cc2nc1C. The number of hydrogen-bond donors (Lipinski definition) is 0. The van der Waals surface area contributed by atoms with Gasteiger partial charge >= 0.3 is 0 Å². The molecule has 1 heterocycles. The van der Waals surface area contributed by atoms with Crippen LogP contribution < -0.4 is 0 Å². The first-order chi connectivity index (χ1) is 20.1. The second-order valence-electron chi connectivity index (χ2n) is 10.6. The standard InChI is InChI=1S/C38H29N3/c1-25-26(2)41-38-22-29(16-17-37(38)40-25)31-18-28(24-39-23-27-10-4-3-5-11-27)19-32(20-31)36-21-30-12-6-7-13-33(30)34-14-8-9-15-35(34)36/h3-23H,24H2,1-2H3. The van der Waals surface area contributed by atoms with Gasteiger partial charge in [-0.25, -0.2) is 9.97 Å². The van der Waals surface area contributed by atoms with Gasteiger partial charge in [0.15, 0.2) is 0 Å². The molecule has 3 heteroatoms. The Kier molecular flexibility index (Phi) is 6.33. The Morgan fingerprint density at radius 3 is 2.07 bits per heavy atom. The molecule has 6 aromatic carbocycles. The summed E-state index contributed by atoms with van der Waals surface area (Å²) in [5, 5.41) is 5.02. The third-order valence-electron chi connectivity index (χ3n) is 7.79. The summed E-state index contributed by atoms with van der Waals surface area (Å²) in [6.07, 6.45) is 1.95. The molecule has 0 aliphatic heterocycles. The number of fused-ring (bicyclic) bond motifs is 4. The summed E-state index contributed by atoms with van der Waals surface area (Å²) in [6, 6.07) is 43.2. The van der Waals surface area contributed by atoms with E-state index in [-0.39, 0.29) is 0 Å². The minimum Gasteiger partial charge on any atom is -0.288 e. The summed E-state index contributed by atoms with van der Waals surface area (Å²) in [5.41, 5.74) is 10.7. The zero-order valence-corrected chi connectivity index (χ0v) is 23.2. The summed E-state index contributed by atoms with van der Waals surface area (Å²) >= 11 is 0. The van der Waals surface area contributed by atoms with E-state index < -0.39 is 0 Å². The molecule has 0 aliphatic carbocycles. The van der Waals surface area contributed by atoms with Gasteiger partial charge in [0.25, 0.3) is 0 Å². The molecule has 0 aliphatic rings. The van der Waals surface area contributed by atoms with Gasteiger partial charge in [-0.05, 0) is 105 Å². The average molecular weight is 528 g/mol. The van der Waals surface area contributed by atoms with Crippen LogP contribution in [0, 0.1) is 13.8 Å². The van der Waals surface area contributed by atoms with Crippen LogP contribution in [-0.2, 0) is 6.54 Å². The van der Waals surface area contributed by atoms with Crippen molar-refractivity contribution >= 4 is 38.8 Å². The number of aromatic nitrogens is 2. The molecule has 0 radical (unpaired) electrons. The van der Waals surface area contributed by atoms with Crippen LogP contribution in [0.4, 0.5) is 0 Å². The van der Waals surface area contributed by atoms with Gasteiger partial charge in [-0.1, -0.05) is 84.9 Å². The molecule has 7 rings (SSSR count). The first-order valence-electron chi connectivity index (χ1n) is 14.0. The topological polar surface area (TPSA) is 38.1 Å². The van der Waals surface area contributed by atoms with Gasteiger partial charge in [0.05, 0.1) is 29.0 Å². The zero-order chi connectivity index (χ0) is 27.8. The maximum atomic E-state index is 4.84. The van der Waals surface area contributed by atoms with Crippen LogP contribution in [0.15, 0.2) is 126 Å². The van der Waals surface area contributed by atoms with Crippen LogP contribution in [0.3, 0.4) is 0 Å². The lowest BCUT2D eigenvalue weighted by molar-refractivity contribution is 1.08. The second-order valence-corrected chi connectivity index (χ2v) is 10.6. The molecule has 0 spiro atoms. The Bertz CT molecular complexity index is 2090. The quantitative estimate of drug-likeness (QED) is 0.165. The molecule has 7 aromatic rings. The number of aryl methyl sites for hydroxylation is 2. The molecule has 0 bridgehead atoms. The molecule has 41 heavy (non-hydrogen) atoms. The minimum absolute atomic E-state index is 0.590. The van der Waals surface area contributed by atoms with E-state index >= 15 is 0 Å². The van der Waals surface area contributed by atoms with Crippen molar-refractivity contribution in [1.82, 2.24) is 9.97 Å². The van der Waals surface area contributed by atoms with Gasteiger partial charge in [-0.2, -0.15) is 0 Å². The van der Waals surface area contributed by atoms with Crippen LogP contribution in [0.25, 0.3) is 54.8 Å². The fourth-order valence-electron chi connectivity index (χ4n) is 5.60. The molecular formula is C38H29N3. The smallest absolute Gasteiger partial charge is 0.0896 e. The van der Waals surface area contributed by atoms with Crippen LogP contribution in [-0.4, -0.2) is 16.2 Å². The maximum Gasteiger partial charge on any atom is 0.0896 e. The fourth-order valence-corrected chi connectivity index (χ4v) is 5.60. The first kappa shape index (κ1) is 24.9.